The number of rotatable bonds is 19. The summed E-state index contributed by atoms with van der Waals surface area (Å²) in [7, 11) is 0. The SMILES string of the molecule is NCC[C@H](CC[C@@H](CC=CCCC1CCCCC1)CCc1ccccc1)[C@H](CC(=O)O)CC1(c2ccccc2)CCCC1. The van der Waals surface area contributed by atoms with Crippen LogP contribution in [0.3, 0.4) is 0 Å². The minimum Gasteiger partial charge on any atom is -0.481 e. The van der Waals surface area contributed by atoms with Crippen molar-refractivity contribution in [3.05, 3.63) is 83.9 Å². The van der Waals surface area contributed by atoms with Crippen molar-refractivity contribution in [3.8, 4) is 0 Å². The van der Waals surface area contributed by atoms with Gasteiger partial charge < -0.3 is 10.8 Å². The summed E-state index contributed by atoms with van der Waals surface area (Å²) in [6.45, 7) is 0.634. The number of carboxylic acids is 1. The highest BCUT2D eigenvalue weighted by Gasteiger charge is 2.40. The average Bonchev–Trinajstić information content (AvgIpc) is 3.52. The summed E-state index contributed by atoms with van der Waals surface area (Å²) < 4.78 is 0. The summed E-state index contributed by atoms with van der Waals surface area (Å²) in [4.78, 5) is 12.2. The number of aliphatic carboxylic acids is 1. The third-order valence-electron chi connectivity index (χ3n) is 11.0. The maximum absolute atomic E-state index is 12.2. The van der Waals surface area contributed by atoms with Crippen molar-refractivity contribution < 1.29 is 9.90 Å². The van der Waals surface area contributed by atoms with Gasteiger partial charge in [0.25, 0.3) is 0 Å². The number of aryl methyl sites for hydroxylation is 1. The second-order valence-electron chi connectivity index (χ2n) is 14.0. The molecule has 2 aliphatic carbocycles. The number of hydrogen-bond donors (Lipinski definition) is 2. The van der Waals surface area contributed by atoms with E-state index in [1.54, 1.807) is 0 Å². The zero-order valence-electron chi connectivity index (χ0n) is 26.8. The van der Waals surface area contributed by atoms with Crippen molar-refractivity contribution in [3.63, 3.8) is 0 Å². The van der Waals surface area contributed by atoms with Crippen molar-refractivity contribution >= 4 is 5.97 Å². The fourth-order valence-corrected chi connectivity index (χ4v) is 8.48. The van der Waals surface area contributed by atoms with E-state index in [0.717, 1.165) is 44.4 Å². The van der Waals surface area contributed by atoms with Crippen molar-refractivity contribution in [1.29, 1.82) is 0 Å². The molecule has 0 radical (unpaired) electrons. The molecule has 2 fully saturated rings. The maximum Gasteiger partial charge on any atom is 0.303 e. The quantitative estimate of drug-likeness (QED) is 0.161. The van der Waals surface area contributed by atoms with Crippen LogP contribution in [0.25, 0.3) is 0 Å². The zero-order chi connectivity index (χ0) is 30.2. The number of hydrogen-bond acceptors (Lipinski definition) is 2. The normalized spacial score (nSPS) is 19.4. The summed E-state index contributed by atoms with van der Waals surface area (Å²) in [6, 6.07) is 21.9. The predicted octanol–water partition coefficient (Wildman–Crippen LogP) is 10.3. The largest absolute Gasteiger partial charge is 0.481 e. The average molecular weight is 586 g/mol. The topological polar surface area (TPSA) is 63.3 Å². The number of allylic oxidation sites excluding steroid dienone is 2. The lowest BCUT2D eigenvalue weighted by Crippen LogP contribution is -2.31. The van der Waals surface area contributed by atoms with Crippen molar-refractivity contribution in [2.45, 2.75) is 127 Å². The van der Waals surface area contributed by atoms with Crippen LogP contribution in [0.2, 0.25) is 0 Å². The second-order valence-corrected chi connectivity index (χ2v) is 14.0. The van der Waals surface area contributed by atoms with E-state index in [4.69, 9.17) is 5.73 Å². The van der Waals surface area contributed by atoms with Crippen LogP contribution in [0.15, 0.2) is 72.8 Å². The lowest BCUT2D eigenvalue weighted by Gasteiger charge is -2.37. The summed E-state index contributed by atoms with van der Waals surface area (Å²) in [6.07, 6.45) is 27.3. The lowest BCUT2D eigenvalue weighted by atomic mass is 9.67. The molecule has 0 saturated heterocycles. The van der Waals surface area contributed by atoms with E-state index in [1.165, 1.54) is 88.2 Å². The molecule has 0 aromatic heterocycles. The van der Waals surface area contributed by atoms with Crippen molar-refractivity contribution in [1.82, 2.24) is 0 Å². The van der Waals surface area contributed by atoms with Gasteiger partial charge in [0, 0.05) is 6.42 Å². The van der Waals surface area contributed by atoms with Gasteiger partial charge in [-0.1, -0.05) is 118 Å². The third-order valence-corrected chi connectivity index (χ3v) is 11.0. The molecule has 2 saturated carbocycles. The van der Waals surface area contributed by atoms with Gasteiger partial charge in [0.05, 0.1) is 0 Å². The van der Waals surface area contributed by atoms with Crippen LogP contribution >= 0.6 is 0 Å². The molecule has 0 heterocycles. The first-order chi connectivity index (χ1) is 21.1. The Labute approximate surface area is 262 Å². The molecule has 3 heteroatoms. The molecule has 2 aromatic carbocycles. The number of carbonyl (C=O) groups is 1. The predicted molar refractivity (Wildman–Crippen MR) is 181 cm³/mol. The molecule has 3 N–H and O–H groups in total. The highest BCUT2D eigenvalue weighted by molar-refractivity contribution is 5.67. The Morgan fingerprint density at radius 3 is 2.21 bits per heavy atom. The first kappa shape index (κ1) is 33.5. The van der Waals surface area contributed by atoms with Crippen LogP contribution in [0.5, 0.6) is 0 Å². The van der Waals surface area contributed by atoms with Gasteiger partial charge in [-0.15, -0.1) is 0 Å². The molecule has 236 valence electrons. The zero-order valence-corrected chi connectivity index (χ0v) is 26.8. The number of carboxylic acid groups (broad SMARTS) is 1. The summed E-state index contributed by atoms with van der Waals surface area (Å²) in [5.41, 5.74) is 9.15. The molecule has 0 bridgehead atoms. The molecule has 0 spiro atoms. The smallest absolute Gasteiger partial charge is 0.303 e. The molecule has 4 rings (SSSR count). The maximum atomic E-state index is 12.2. The minimum absolute atomic E-state index is 0.113. The molecule has 43 heavy (non-hydrogen) atoms. The van der Waals surface area contributed by atoms with Crippen LogP contribution < -0.4 is 5.73 Å². The lowest BCUT2D eigenvalue weighted by molar-refractivity contribution is -0.138. The summed E-state index contributed by atoms with van der Waals surface area (Å²) >= 11 is 0. The number of nitrogens with two attached hydrogens (primary N) is 1. The molecule has 2 aliphatic rings. The Kier molecular flexibility index (Phi) is 14.4. The Morgan fingerprint density at radius 1 is 0.837 bits per heavy atom. The van der Waals surface area contributed by atoms with Gasteiger partial charge in [0.1, 0.15) is 0 Å². The Morgan fingerprint density at radius 2 is 1.53 bits per heavy atom. The molecule has 3 atom stereocenters. The Hall–Kier alpha value is -2.39. The summed E-state index contributed by atoms with van der Waals surface area (Å²) in [5, 5.41) is 10.0. The highest BCUT2D eigenvalue weighted by Crippen LogP contribution is 2.48. The molecule has 0 unspecified atom stereocenters. The van der Waals surface area contributed by atoms with Gasteiger partial charge in [-0.2, -0.15) is 0 Å². The van der Waals surface area contributed by atoms with E-state index in [2.05, 4.69) is 72.8 Å². The van der Waals surface area contributed by atoms with Gasteiger partial charge in [-0.05, 0) is 117 Å². The molecule has 3 nitrogen and oxygen atoms in total. The summed E-state index contributed by atoms with van der Waals surface area (Å²) in [5.74, 6) is 1.42. The Balaban J connectivity index is 1.42. The Bertz CT molecular complexity index is 1050. The van der Waals surface area contributed by atoms with E-state index in [1.807, 2.05) is 0 Å². The highest BCUT2D eigenvalue weighted by atomic mass is 16.4. The van der Waals surface area contributed by atoms with Gasteiger partial charge in [0.15, 0.2) is 0 Å². The van der Waals surface area contributed by atoms with Gasteiger partial charge in [0.2, 0.25) is 0 Å². The molecule has 0 aliphatic heterocycles. The van der Waals surface area contributed by atoms with Crippen LogP contribution in [0.1, 0.15) is 127 Å². The van der Waals surface area contributed by atoms with E-state index < -0.39 is 5.97 Å². The molecular formula is C40H59NO2. The molecule has 0 amide bonds. The van der Waals surface area contributed by atoms with Gasteiger partial charge >= 0.3 is 5.97 Å². The van der Waals surface area contributed by atoms with Crippen LogP contribution in [0, 0.1) is 23.7 Å². The van der Waals surface area contributed by atoms with Gasteiger partial charge in [-0.25, -0.2) is 0 Å². The van der Waals surface area contributed by atoms with Crippen molar-refractivity contribution in [2.75, 3.05) is 6.54 Å². The third kappa shape index (κ3) is 11.2. The standard InChI is InChI=1S/C40H59NO2/c41-30-27-36(37(31-39(42)43)32-40(28-13-14-29-40)38-21-11-4-12-22-38)26-25-35(24-23-34-18-8-3-9-19-34)20-10-2-7-17-33-15-5-1-6-16-33/h2-4,8-12,18-19,21-22,33,35-37H,1,5-7,13-17,20,23-32,41H2,(H,42,43)/t35-,36-,37+/m0/s1. The monoisotopic (exact) mass is 585 g/mol. The first-order valence-electron chi connectivity index (χ1n) is 17.7. The van der Waals surface area contributed by atoms with E-state index in [9.17, 15) is 9.90 Å². The van der Waals surface area contributed by atoms with Crippen LogP contribution in [0.4, 0.5) is 0 Å². The van der Waals surface area contributed by atoms with Crippen LogP contribution in [-0.4, -0.2) is 17.6 Å². The van der Waals surface area contributed by atoms with E-state index in [0.29, 0.717) is 18.4 Å². The molecule has 2 aromatic rings. The van der Waals surface area contributed by atoms with E-state index >= 15 is 0 Å². The minimum atomic E-state index is -0.658. The molecular weight excluding hydrogens is 526 g/mol. The fraction of sp³-hybridized carbons (Fsp3) is 0.625. The van der Waals surface area contributed by atoms with Crippen molar-refractivity contribution in [2.24, 2.45) is 29.4 Å². The van der Waals surface area contributed by atoms with Gasteiger partial charge in [-0.3, -0.25) is 4.79 Å². The second kappa shape index (κ2) is 18.4. The fourth-order valence-electron chi connectivity index (χ4n) is 8.48. The first-order valence-corrected chi connectivity index (χ1v) is 17.7. The van der Waals surface area contributed by atoms with Crippen LogP contribution in [-0.2, 0) is 16.6 Å². The number of benzene rings is 2. The van der Waals surface area contributed by atoms with E-state index in [-0.39, 0.29) is 17.8 Å².